The molecule has 0 atom stereocenters. The molecule has 0 spiro atoms. The van der Waals surface area contributed by atoms with Crippen LogP contribution in [0.1, 0.15) is 8.85 Å². The highest BCUT2D eigenvalue weighted by Gasteiger charge is 2.18. The predicted octanol–water partition coefficient (Wildman–Crippen LogP) is 11.9. The zero-order chi connectivity index (χ0) is 29.5. The normalized spacial score (nSPS) is 11.7. The second-order valence-corrected chi connectivity index (χ2v) is 11.8. The van der Waals surface area contributed by atoms with E-state index in [-0.39, 0.29) is 8.85 Å². The molecule has 0 N–H and O–H groups in total. The summed E-state index contributed by atoms with van der Waals surface area (Å²) in [6.07, 6.45) is 0. The topological polar surface area (TPSA) is 14.8 Å². The minimum absolute atomic E-state index is 0. The summed E-state index contributed by atoms with van der Waals surface area (Å²) in [7, 11) is 0. The van der Waals surface area contributed by atoms with Gasteiger partial charge in [0.1, 0.15) is 0 Å². The van der Waals surface area contributed by atoms with Crippen LogP contribution in [0.5, 0.6) is 0 Å². The third-order valence-corrected chi connectivity index (χ3v) is 9.42. The van der Waals surface area contributed by atoms with Crippen LogP contribution in [0.2, 0.25) is 0 Å². The van der Waals surface area contributed by atoms with E-state index in [1.165, 1.54) is 65.4 Å². The lowest BCUT2D eigenvalue weighted by molar-refractivity contribution is 1.16. The fourth-order valence-electron chi connectivity index (χ4n) is 7.53. The van der Waals surface area contributed by atoms with Gasteiger partial charge in [-0.2, -0.15) is 0 Å². The summed E-state index contributed by atoms with van der Waals surface area (Å²) >= 11 is 0. The Morgan fingerprint density at radius 1 is 0.261 bits per heavy atom. The van der Waals surface area contributed by atoms with Crippen molar-refractivity contribution in [2.45, 2.75) is 7.43 Å². The molecule has 0 bridgehead atoms. The molecule has 0 saturated carbocycles. The molecule has 0 fully saturated rings. The minimum atomic E-state index is 0. The summed E-state index contributed by atoms with van der Waals surface area (Å²) < 4.78 is 7.22. The molecule has 3 aromatic heterocycles. The second-order valence-electron chi connectivity index (χ2n) is 11.8. The molecular weight excluding hydrogens is 558 g/mol. The van der Waals surface area contributed by atoms with Gasteiger partial charge in [0.15, 0.2) is 0 Å². The molecule has 3 heterocycles. The molecule has 10 rings (SSSR count). The summed E-state index contributed by atoms with van der Waals surface area (Å²) in [6, 6.07) is 59.5. The largest absolute Gasteiger partial charge is 0.309 e. The Bertz CT molecular complexity index is 2490. The van der Waals surface area contributed by atoms with Crippen LogP contribution in [0.15, 0.2) is 164 Å². The van der Waals surface area contributed by atoms with Crippen LogP contribution >= 0.6 is 0 Å². The quantitative estimate of drug-likeness (QED) is 0.194. The maximum absolute atomic E-state index is 2.41. The summed E-state index contributed by atoms with van der Waals surface area (Å²) in [5.74, 6) is 0. The van der Waals surface area contributed by atoms with Crippen LogP contribution in [-0.4, -0.2) is 13.7 Å². The number of para-hydroxylation sites is 5. The van der Waals surface area contributed by atoms with Crippen LogP contribution < -0.4 is 0 Å². The number of benzene rings is 7. The van der Waals surface area contributed by atoms with Crippen LogP contribution in [0.4, 0.5) is 0 Å². The number of hydrogen-bond donors (Lipinski definition) is 0. The molecule has 10 aromatic rings. The number of aromatic nitrogens is 3. The zero-order valence-electron chi connectivity index (χ0n) is 24.4. The molecule has 0 aliphatic heterocycles. The molecular formula is C43H33N3. The van der Waals surface area contributed by atoms with Crippen LogP contribution in [0.25, 0.3) is 82.5 Å². The van der Waals surface area contributed by atoms with Gasteiger partial charge in [-0.3, -0.25) is 0 Å². The van der Waals surface area contributed by atoms with E-state index in [0.717, 1.165) is 17.1 Å². The Labute approximate surface area is 268 Å². The van der Waals surface area contributed by atoms with Gasteiger partial charge < -0.3 is 13.7 Å². The highest BCUT2D eigenvalue weighted by Crippen LogP contribution is 2.39. The zero-order valence-corrected chi connectivity index (χ0v) is 24.4. The van der Waals surface area contributed by atoms with Gasteiger partial charge in [-0.25, -0.2) is 0 Å². The van der Waals surface area contributed by atoms with Crippen molar-refractivity contribution in [3.05, 3.63) is 164 Å². The fourth-order valence-corrected chi connectivity index (χ4v) is 7.53. The van der Waals surface area contributed by atoms with E-state index in [0.29, 0.717) is 0 Å². The van der Waals surface area contributed by atoms with Crippen molar-refractivity contribution in [3.8, 4) is 17.1 Å². The Morgan fingerprint density at radius 3 is 0.957 bits per heavy atom. The smallest absolute Gasteiger partial charge is 0.0542 e. The van der Waals surface area contributed by atoms with E-state index in [1.807, 2.05) is 0 Å². The lowest BCUT2D eigenvalue weighted by atomic mass is 10.1. The fraction of sp³-hybridized carbons (Fsp3) is 0.0233. The van der Waals surface area contributed by atoms with E-state index < -0.39 is 0 Å². The third-order valence-electron chi connectivity index (χ3n) is 9.42. The summed E-state index contributed by atoms with van der Waals surface area (Å²) in [4.78, 5) is 0. The standard InChI is InChI=1S/C42H27N3.CH4.H2/c1-2-12-28(13-3-1)43-41-24-22-29(44-37-18-8-4-14-31(37)32-15-5-9-19-38(32)44)26-35(41)36-27-30(23-25-42(36)43)45-39-20-10-6-16-33(39)34-17-7-11-21-40(34)45;;/h1-27H;1H4;1H. The van der Waals surface area contributed by atoms with Crippen LogP contribution in [-0.2, 0) is 0 Å². The molecule has 220 valence electrons. The maximum atomic E-state index is 2.41. The summed E-state index contributed by atoms with van der Waals surface area (Å²) in [6.45, 7) is 0. The molecule has 0 saturated heterocycles. The van der Waals surface area contributed by atoms with Crippen molar-refractivity contribution in [3.63, 3.8) is 0 Å². The van der Waals surface area contributed by atoms with Gasteiger partial charge in [-0.1, -0.05) is 98.4 Å². The number of fused-ring (bicyclic) bond motifs is 9. The second kappa shape index (κ2) is 9.98. The van der Waals surface area contributed by atoms with Gasteiger partial charge in [0.25, 0.3) is 0 Å². The molecule has 46 heavy (non-hydrogen) atoms. The van der Waals surface area contributed by atoms with Crippen molar-refractivity contribution < 1.29 is 1.43 Å². The Hall–Kier alpha value is -6.06. The van der Waals surface area contributed by atoms with Gasteiger partial charge >= 0.3 is 0 Å². The van der Waals surface area contributed by atoms with Crippen molar-refractivity contribution in [1.29, 1.82) is 0 Å². The molecule has 0 aliphatic carbocycles. The minimum Gasteiger partial charge on any atom is -0.309 e. The van der Waals surface area contributed by atoms with Gasteiger partial charge in [0.2, 0.25) is 0 Å². The first kappa shape index (κ1) is 26.4. The average molecular weight is 592 g/mol. The molecule has 3 heteroatoms. The monoisotopic (exact) mass is 591 g/mol. The van der Waals surface area contributed by atoms with Crippen molar-refractivity contribution in [1.82, 2.24) is 13.7 Å². The Balaban J connectivity index is 0.00000162. The van der Waals surface area contributed by atoms with Gasteiger partial charge in [0.05, 0.1) is 33.1 Å². The SMILES string of the molecule is C.[HH].c1ccc(-n2c3ccc(-n4c5ccccc5c5ccccc54)cc3c3cc(-n4c5ccccc5c5ccccc54)ccc32)cc1. The van der Waals surface area contributed by atoms with E-state index in [2.05, 4.69) is 177 Å². The first-order valence-electron chi connectivity index (χ1n) is 15.5. The number of rotatable bonds is 3. The summed E-state index contributed by atoms with van der Waals surface area (Å²) in [5.41, 5.74) is 10.7. The van der Waals surface area contributed by atoms with Gasteiger partial charge in [-0.05, 0) is 72.8 Å². The molecule has 7 aromatic carbocycles. The number of nitrogens with zero attached hydrogens (tertiary/aromatic N) is 3. The van der Waals surface area contributed by atoms with E-state index in [1.54, 1.807) is 0 Å². The number of hydrogen-bond acceptors (Lipinski definition) is 0. The van der Waals surface area contributed by atoms with Crippen molar-refractivity contribution in [2.75, 3.05) is 0 Å². The highest BCUT2D eigenvalue weighted by molar-refractivity contribution is 6.14. The lowest BCUT2D eigenvalue weighted by Gasteiger charge is -2.10. The highest BCUT2D eigenvalue weighted by atomic mass is 15.0. The maximum Gasteiger partial charge on any atom is 0.0542 e. The molecule has 0 aliphatic rings. The van der Waals surface area contributed by atoms with Crippen LogP contribution in [0.3, 0.4) is 0 Å². The summed E-state index contributed by atoms with van der Waals surface area (Å²) in [5, 5.41) is 7.55. The molecule has 0 unspecified atom stereocenters. The van der Waals surface area contributed by atoms with Crippen LogP contribution in [0, 0.1) is 0 Å². The third kappa shape index (κ3) is 3.60. The lowest BCUT2D eigenvalue weighted by Crippen LogP contribution is -1.96. The first-order valence-corrected chi connectivity index (χ1v) is 15.5. The predicted molar refractivity (Wildman–Crippen MR) is 198 cm³/mol. The molecule has 0 amide bonds. The average Bonchev–Trinajstić information content (AvgIpc) is 3.74. The Kier molecular flexibility index (Phi) is 5.72. The van der Waals surface area contributed by atoms with Crippen molar-refractivity contribution in [2.24, 2.45) is 0 Å². The van der Waals surface area contributed by atoms with Crippen molar-refractivity contribution >= 4 is 65.4 Å². The van der Waals surface area contributed by atoms with E-state index in [4.69, 9.17) is 0 Å². The van der Waals surface area contributed by atoms with E-state index >= 15 is 0 Å². The van der Waals surface area contributed by atoms with Gasteiger partial charge in [-0.15, -0.1) is 0 Å². The van der Waals surface area contributed by atoms with Gasteiger partial charge in [0, 0.05) is 50.8 Å². The molecule has 3 nitrogen and oxygen atoms in total. The Morgan fingerprint density at radius 2 is 0.565 bits per heavy atom. The molecule has 0 radical (unpaired) electrons. The first-order chi connectivity index (χ1) is 22.3. The van der Waals surface area contributed by atoms with E-state index in [9.17, 15) is 0 Å².